The van der Waals surface area contributed by atoms with Gasteiger partial charge >= 0.3 is 0 Å². The highest BCUT2D eigenvalue weighted by Crippen LogP contribution is 2.27. The summed E-state index contributed by atoms with van der Waals surface area (Å²) in [6.07, 6.45) is 0.391. The Hall–Kier alpha value is -1.01. The standard InChI is InChI=1S/C10H10BrNO/c1-7-5-8(11)6-10(13-2)9(7)3-4-12/h5-6H,3H2,1-2H3. The molecule has 1 rings (SSSR count). The van der Waals surface area contributed by atoms with Gasteiger partial charge in [0.25, 0.3) is 0 Å². The van der Waals surface area contributed by atoms with E-state index in [1.54, 1.807) is 7.11 Å². The van der Waals surface area contributed by atoms with Crippen LogP contribution in [0.3, 0.4) is 0 Å². The summed E-state index contributed by atoms with van der Waals surface area (Å²) in [4.78, 5) is 0. The van der Waals surface area contributed by atoms with Gasteiger partial charge in [0, 0.05) is 10.0 Å². The lowest BCUT2D eigenvalue weighted by Crippen LogP contribution is -1.94. The highest BCUT2D eigenvalue weighted by molar-refractivity contribution is 9.10. The Kier molecular flexibility index (Phi) is 3.32. The number of nitriles is 1. The van der Waals surface area contributed by atoms with E-state index in [2.05, 4.69) is 22.0 Å². The molecule has 0 radical (unpaired) electrons. The van der Waals surface area contributed by atoms with Gasteiger partial charge in [0.2, 0.25) is 0 Å². The van der Waals surface area contributed by atoms with Crippen molar-refractivity contribution in [3.8, 4) is 11.8 Å². The number of aryl methyl sites for hydroxylation is 1. The molecule has 0 N–H and O–H groups in total. The van der Waals surface area contributed by atoms with Gasteiger partial charge in [0.15, 0.2) is 0 Å². The van der Waals surface area contributed by atoms with Crippen LogP contribution in [0.25, 0.3) is 0 Å². The maximum atomic E-state index is 8.62. The molecule has 0 amide bonds. The Morgan fingerprint density at radius 3 is 2.77 bits per heavy atom. The Labute approximate surface area is 86.3 Å². The molecule has 0 bridgehead atoms. The zero-order chi connectivity index (χ0) is 9.84. The van der Waals surface area contributed by atoms with Crippen LogP contribution in [0, 0.1) is 18.3 Å². The molecular formula is C10H10BrNO. The third kappa shape index (κ3) is 2.22. The summed E-state index contributed by atoms with van der Waals surface area (Å²) in [5.41, 5.74) is 2.04. The molecule has 3 heteroatoms. The van der Waals surface area contributed by atoms with E-state index in [9.17, 15) is 0 Å². The molecule has 0 heterocycles. The first-order valence-electron chi connectivity index (χ1n) is 3.89. The Morgan fingerprint density at radius 2 is 2.23 bits per heavy atom. The molecule has 1 aromatic rings. The van der Waals surface area contributed by atoms with Crippen LogP contribution in [0.4, 0.5) is 0 Å². The number of hydrogen-bond acceptors (Lipinski definition) is 2. The van der Waals surface area contributed by atoms with E-state index in [0.717, 1.165) is 21.3 Å². The van der Waals surface area contributed by atoms with E-state index < -0.39 is 0 Å². The summed E-state index contributed by atoms with van der Waals surface area (Å²) in [6.45, 7) is 1.97. The van der Waals surface area contributed by atoms with E-state index in [1.807, 2.05) is 19.1 Å². The topological polar surface area (TPSA) is 33.0 Å². The van der Waals surface area contributed by atoms with Crippen LogP contribution in [-0.4, -0.2) is 7.11 Å². The molecule has 0 fully saturated rings. The normalized spacial score (nSPS) is 9.38. The first-order chi connectivity index (χ1) is 6.19. The maximum absolute atomic E-state index is 8.62. The van der Waals surface area contributed by atoms with Crippen LogP contribution in [0.5, 0.6) is 5.75 Å². The summed E-state index contributed by atoms with van der Waals surface area (Å²) in [5, 5.41) is 8.62. The lowest BCUT2D eigenvalue weighted by molar-refractivity contribution is 0.410. The summed E-state index contributed by atoms with van der Waals surface area (Å²) in [5.74, 6) is 0.772. The van der Waals surface area contributed by atoms with E-state index in [0.29, 0.717) is 6.42 Å². The predicted octanol–water partition coefficient (Wildman–Crippen LogP) is 2.83. The molecule has 0 atom stereocenters. The van der Waals surface area contributed by atoms with Crippen molar-refractivity contribution in [2.24, 2.45) is 0 Å². The van der Waals surface area contributed by atoms with Crippen LogP contribution in [0.1, 0.15) is 11.1 Å². The van der Waals surface area contributed by atoms with Crippen LogP contribution in [-0.2, 0) is 6.42 Å². The summed E-state index contributed by atoms with van der Waals surface area (Å²) >= 11 is 3.38. The fourth-order valence-corrected chi connectivity index (χ4v) is 1.78. The van der Waals surface area contributed by atoms with Crippen molar-refractivity contribution in [2.45, 2.75) is 13.3 Å². The quantitative estimate of drug-likeness (QED) is 0.796. The molecule has 0 aliphatic heterocycles. The van der Waals surface area contributed by atoms with Gasteiger partial charge in [-0.05, 0) is 24.6 Å². The Balaban J connectivity index is 3.23. The molecule has 0 unspecified atom stereocenters. The van der Waals surface area contributed by atoms with Gasteiger partial charge in [-0.1, -0.05) is 15.9 Å². The smallest absolute Gasteiger partial charge is 0.124 e. The molecule has 68 valence electrons. The fraction of sp³-hybridized carbons (Fsp3) is 0.300. The maximum Gasteiger partial charge on any atom is 0.124 e. The van der Waals surface area contributed by atoms with Gasteiger partial charge in [-0.3, -0.25) is 0 Å². The van der Waals surface area contributed by atoms with E-state index >= 15 is 0 Å². The number of benzene rings is 1. The molecule has 0 aromatic heterocycles. The zero-order valence-corrected chi connectivity index (χ0v) is 9.18. The average molecular weight is 240 g/mol. The van der Waals surface area contributed by atoms with Crippen molar-refractivity contribution in [3.05, 3.63) is 27.7 Å². The monoisotopic (exact) mass is 239 g/mol. The predicted molar refractivity (Wildman–Crippen MR) is 54.7 cm³/mol. The van der Waals surface area contributed by atoms with Crippen LogP contribution >= 0.6 is 15.9 Å². The van der Waals surface area contributed by atoms with Gasteiger partial charge in [-0.15, -0.1) is 0 Å². The van der Waals surface area contributed by atoms with Crippen molar-refractivity contribution in [2.75, 3.05) is 7.11 Å². The van der Waals surface area contributed by atoms with E-state index in [-0.39, 0.29) is 0 Å². The molecule has 1 aromatic carbocycles. The lowest BCUT2D eigenvalue weighted by Gasteiger charge is -2.09. The number of hydrogen-bond donors (Lipinski definition) is 0. The number of rotatable bonds is 2. The second-order valence-electron chi connectivity index (χ2n) is 2.74. The minimum atomic E-state index is 0.391. The number of ether oxygens (including phenoxy) is 1. The lowest BCUT2D eigenvalue weighted by atomic mass is 10.1. The molecule has 0 aliphatic rings. The van der Waals surface area contributed by atoms with Crippen molar-refractivity contribution in [1.82, 2.24) is 0 Å². The van der Waals surface area contributed by atoms with E-state index in [1.165, 1.54) is 0 Å². The third-order valence-electron chi connectivity index (χ3n) is 1.87. The van der Waals surface area contributed by atoms with E-state index in [4.69, 9.17) is 10.00 Å². The Morgan fingerprint density at radius 1 is 1.54 bits per heavy atom. The minimum Gasteiger partial charge on any atom is -0.496 e. The van der Waals surface area contributed by atoms with Crippen molar-refractivity contribution < 1.29 is 4.74 Å². The minimum absolute atomic E-state index is 0.391. The molecule has 2 nitrogen and oxygen atoms in total. The van der Waals surface area contributed by atoms with Gasteiger partial charge < -0.3 is 4.74 Å². The molecule has 13 heavy (non-hydrogen) atoms. The Bertz CT molecular complexity index is 355. The van der Waals surface area contributed by atoms with Gasteiger partial charge in [0.1, 0.15) is 5.75 Å². The first kappa shape index (κ1) is 10.1. The van der Waals surface area contributed by atoms with Crippen LogP contribution in [0.2, 0.25) is 0 Å². The second-order valence-corrected chi connectivity index (χ2v) is 3.65. The van der Waals surface area contributed by atoms with Gasteiger partial charge in [0.05, 0.1) is 19.6 Å². The van der Waals surface area contributed by atoms with Crippen molar-refractivity contribution >= 4 is 15.9 Å². The molecule has 0 spiro atoms. The van der Waals surface area contributed by atoms with Crippen LogP contribution < -0.4 is 4.74 Å². The van der Waals surface area contributed by atoms with Crippen molar-refractivity contribution in [1.29, 1.82) is 5.26 Å². The first-order valence-corrected chi connectivity index (χ1v) is 4.68. The van der Waals surface area contributed by atoms with Crippen molar-refractivity contribution in [3.63, 3.8) is 0 Å². The highest BCUT2D eigenvalue weighted by atomic mass is 79.9. The highest BCUT2D eigenvalue weighted by Gasteiger charge is 2.06. The average Bonchev–Trinajstić information content (AvgIpc) is 2.09. The molecular weight excluding hydrogens is 230 g/mol. The molecule has 0 saturated heterocycles. The zero-order valence-electron chi connectivity index (χ0n) is 7.60. The number of nitrogens with zero attached hydrogens (tertiary/aromatic N) is 1. The SMILES string of the molecule is COc1cc(Br)cc(C)c1CC#N. The third-order valence-corrected chi connectivity index (χ3v) is 2.33. The van der Waals surface area contributed by atoms with Crippen LogP contribution in [0.15, 0.2) is 16.6 Å². The number of halogens is 1. The second kappa shape index (κ2) is 4.29. The fourth-order valence-electron chi connectivity index (χ4n) is 1.23. The summed E-state index contributed by atoms with van der Waals surface area (Å²) in [6, 6.07) is 5.98. The largest absolute Gasteiger partial charge is 0.496 e. The number of methoxy groups -OCH3 is 1. The van der Waals surface area contributed by atoms with Gasteiger partial charge in [-0.2, -0.15) is 5.26 Å². The summed E-state index contributed by atoms with van der Waals surface area (Å²) < 4.78 is 6.15. The summed E-state index contributed by atoms with van der Waals surface area (Å²) in [7, 11) is 1.61. The molecule has 0 aliphatic carbocycles. The molecule has 0 saturated carbocycles. The van der Waals surface area contributed by atoms with Gasteiger partial charge in [-0.25, -0.2) is 0 Å².